The number of ether oxygens (including phenoxy) is 2. The lowest BCUT2D eigenvalue weighted by Gasteiger charge is -2.26. The molecule has 2 unspecified atom stereocenters. The molecule has 1 aromatic rings. The molecule has 0 spiro atoms. The predicted octanol–water partition coefficient (Wildman–Crippen LogP) is 0.743. The second-order valence-electron chi connectivity index (χ2n) is 4.04. The maximum absolute atomic E-state index is 11.4. The van der Waals surface area contributed by atoms with Crippen molar-refractivity contribution in [3.63, 3.8) is 0 Å². The molecule has 5 nitrogen and oxygen atoms in total. The third-order valence-corrected chi connectivity index (χ3v) is 2.78. The average molecular weight is 232 g/mol. The maximum atomic E-state index is 11.4. The number of fused-ring (bicyclic) bond motifs is 1. The van der Waals surface area contributed by atoms with Crippen molar-refractivity contribution >= 4 is 11.7 Å². The zero-order chi connectivity index (χ0) is 11.8. The number of carbonyl (C=O) groups excluding carboxylic acids is 1. The number of carbonyl (C=O) groups is 1. The van der Waals surface area contributed by atoms with Gasteiger partial charge in [-0.2, -0.15) is 0 Å². The Morgan fingerprint density at radius 3 is 2.82 bits per heavy atom. The predicted molar refractivity (Wildman–Crippen MR) is 61.4 cm³/mol. The van der Waals surface area contributed by atoms with Crippen LogP contribution in [0.15, 0.2) is 29.3 Å². The molecular formula is C12H12N2O3. The summed E-state index contributed by atoms with van der Waals surface area (Å²) in [6.45, 7) is 2.11. The second-order valence-corrected chi connectivity index (χ2v) is 4.04. The molecule has 0 aromatic heterocycles. The highest BCUT2D eigenvalue weighted by Crippen LogP contribution is 2.31. The van der Waals surface area contributed by atoms with Crippen molar-refractivity contribution in [2.45, 2.75) is 19.1 Å². The van der Waals surface area contributed by atoms with E-state index in [-0.39, 0.29) is 18.1 Å². The van der Waals surface area contributed by atoms with Crippen LogP contribution in [0.2, 0.25) is 0 Å². The third-order valence-electron chi connectivity index (χ3n) is 2.78. The Kier molecular flexibility index (Phi) is 2.24. The van der Waals surface area contributed by atoms with Crippen LogP contribution in [-0.4, -0.2) is 30.5 Å². The van der Waals surface area contributed by atoms with E-state index in [2.05, 4.69) is 10.3 Å². The molecule has 0 bridgehead atoms. The van der Waals surface area contributed by atoms with E-state index >= 15 is 0 Å². The Morgan fingerprint density at radius 1 is 1.35 bits per heavy atom. The molecule has 0 radical (unpaired) electrons. The molecule has 1 amide bonds. The van der Waals surface area contributed by atoms with E-state index in [0.717, 1.165) is 5.75 Å². The first kappa shape index (κ1) is 10.1. The Hall–Kier alpha value is -2.04. The molecule has 0 saturated carbocycles. The zero-order valence-corrected chi connectivity index (χ0v) is 9.34. The lowest BCUT2D eigenvalue weighted by atomic mass is 10.2. The van der Waals surface area contributed by atoms with Gasteiger partial charge in [-0.25, -0.2) is 0 Å². The maximum Gasteiger partial charge on any atom is 0.249 e. The minimum atomic E-state index is -0.342. The standard InChI is InChI=1S/C12H12N2O3/c1-7-12(15)14-11(13-7)10-6-16-8-4-2-3-5-9(8)17-10/h2-5,7,10H,6H2,1H3,(H,13,14,15). The normalized spacial score (nSPS) is 26.4. The lowest BCUT2D eigenvalue weighted by molar-refractivity contribution is -0.119. The Labute approximate surface area is 98.4 Å². The van der Waals surface area contributed by atoms with Crippen LogP contribution in [0.25, 0.3) is 0 Å². The van der Waals surface area contributed by atoms with Crippen molar-refractivity contribution in [2.24, 2.45) is 4.99 Å². The second kappa shape index (κ2) is 3.76. The number of nitrogens with one attached hydrogen (secondary N) is 1. The Morgan fingerprint density at radius 2 is 2.12 bits per heavy atom. The first-order chi connectivity index (χ1) is 8.24. The molecular weight excluding hydrogens is 220 g/mol. The summed E-state index contributed by atoms with van der Waals surface area (Å²) in [7, 11) is 0. The molecule has 2 heterocycles. The van der Waals surface area contributed by atoms with E-state index in [4.69, 9.17) is 9.47 Å². The molecule has 0 fully saturated rings. The first-order valence-electron chi connectivity index (χ1n) is 5.51. The summed E-state index contributed by atoms with van der Waals surface area (Å²) < 4.78 is 11.3. The Balaban J connectivity index is 1.81. The van der Waals surface area contributed by atoms with Gasteiger partial charge in [-0.05, 0) is 19.1 Å². The molecule has 5 heteroatoms. The van der Waals surface area contributed by atoms with Gasteiger partial charge in [-0.3, -0.25) is 9.79 Å². The molecule has 2 atom stereocenters. The van der Waals surface area contributed by atoms with Crippen molar-refractivity contribution in [2.75, 3.05) is 6.61 Å². The molecule has 0 saturated heterocycles. The average Bonchev–Trinajstić information content (AvgIpc) is 2.69. The SMILES string of the molecule is CC1N=C(C2COc3ccccc3O2)NC1=O. The van der Waals surface area contributed by atoms with E-state index in [9.17, 15) is 4.79 Å². The molecule has 2 aliphatic heterocycles. The van der Waals surface area contributed by atoms with Crippen molar-refractivity contribution in [3.8, 4) is 11.5 Å². The summed E-state index contributed by atoms with van der Waals surface area (Å²) in [5, 5.41) is 2.71. The van der Waals surface area contributed by atoms with Crippen LogP contribution in [0.5, 0.6) is 11.5 Å². The van der Waals surface area contributed by atoms with Crippen molar-refractivity contribution in [1.82, 2.24) is 5.32 Å². The molecule has 0 aliphatic carbocycles. The molecule has 88 valence electrons. The number of aliphatic imine (C=N–C) groups is 1. The van der Waals surface area contributed by atoms with Gasteiger partial charge in [-0.1, -0.05) is 12.1 Å². The van der Waals surface area contributed by atoms with Crippen molar-refractivity contribution in [3.05, 3.63) is 24.3 Å². The molecule has 2 aliphatic rings. The number of hydrogen-bond donors (Lipinski definition) is 1. The van der Waals surface area contributed by atoms with Crippen LogP contribution in [0, 0.1) is 0 Å². The lowest BCUT2D eigenvalue weighted by Crippen LogP contribution is -2.43. The Bertz CT molecular complexity index is 498. The van der Waals surface area contributed by atoms with Gasteiger partial charge in [-0.15, -0.1) is 0 Å². The summed E-state index contributed by atoms with van der Waals surface area (Å²) in [6.07, 6.45) is -0.334. The molecule has 17 heavy (non-hydrogen) atoms. The third kappa shape index (κ3) is 1.73. The van der Waals surface area contributed by atoms with E-state index < -0.39 is 0 Å². The van der Waals surface area contributed by atoms with Crippen LogP contribution >= 0.6 is 0 Å². The van der Waals surface area contributed by atoms with Gasteiger partial charge in [0, 0.05) is 0 Å². The van der Waals surface area contributed by atoms with Gasteiger partial charge in [0.2, 0.25) is 5.91 Å². The summed E-state index contributed by atoms with van der Waals surface area (Å²) in [6, 6.07) is 7.11. The summed E-state index contributed by atoms with van der Waals surface area (Å²) in [5.74, 6) is 1.86. The zero-order valence-electron chi connectivity index (χ0n) is 9.34. The van der Waals surface area contributed by atoms with Crippen LogP contribution in [0.3, 0.4) is 0 Å². The minimum Gasteiger partial charge on any atom is -0.485 e. The first-order valence-corrected chi connectivity index (χ1v) is 5.51. The van der Waals surface area contributed by atoms with Gasteiger partial charge < -0.3 is 14.8 Å². The highest BCUT2D eigenvalue weighted by molar-refractivity contribution is 6.07. The quantitative estimate of drug-likeness (QED) is 0.777. The van der Waals surface area contributed by atoms with Gasteiger partial charge in [0.05, 0.1) is 0 Å². The molecule has 3 rings (SSSR count). The number of rotatable bonds is 1. The fourth-order valence-electron chi connectivity index (χ4n) is 1.85. The van der Waals surface area contributed by atoms with Crippen LogP contribution in [0.4, 0.5) is 0 Å². The number of benzene rings is 1. The van der Waals surface area contributed by atoms with Crippen LogP contribution < -0.4 is 14.8 Å². The number of amides is 1. The van der Waals surface area contributed by atoms with E-state index in [1.807, 2.05) is 24.3 Å². The molecule has 1 N–H and O–H groups in total. The van der Waals surface area contributed by atoms with Gasteiger partial charge in [0.1, 0.15) is 18.5 Å². The number of nitrogens with zero attached hydrogens (tertiary/aromatic N) is 1. The highest BCUT2D eigenvalue weighted by atomic mass is 16.6. The number of hydrogen-bond acceptors (Lipinski definition) is 4. The van der Waals surface area contributed by atoms with E-state index in [0.29, 0.717) is 18.2 Å². The summed E-state index contributed by atoms with van der Waals surface area (Å²) in [5.41, 5.74) is 0. The number of amidine groups is 1. The van der Waals surface area contributed by atoms with E-state index in [1.54, 1.807) is 6.92 Å². The largest absolute Gasteiger partial charge is 0.485 e. The van der Waals surface area contributed by atoms with E-state index in [1.165, 1.54) is 0 Å². The van der Waals surface area contributed by atoms with Crippen molar-refractivity contribution < 1.29 is 14.3 Å². The minimum absolute atomic E-state index is 0.0949. The topological polar surface area (TPSA) is 59.9 Å². The molecule has 1 aromatic carbocycles. The fourth-order valence-corrected chi connectivity index (χ4v) is 1.85. The summed E-state index contributed by atoms with van der Waals surface area (Å²) in [4.78, 5) is 15.6. The monoisotopic (exact) mass is 232 g/mol. The van der Waals surface area contributed by atoms with Crippen molar-refractivity contribution in [1.29, 1.82) is 0 Å². The number of para-hydroxylation sites is 2. The van der Waals surface area contributed by atoms with Gasteiger partial charge in [0.15, 0.2) is 17.6 Å². The van der Waals surface area contributed by atoms with Crippen LogP contribution in [-0.2, 0) is 4.79 Å². The van der Waals surface area contributed by atoms with Gasteiger partial charge >= 0.3 is 0 Å². The van der Waals surface area contributed by atoms with Gasteiger partial charge in [0.25, 0.3) is 0 Å². The highest BCUT2D eigenvalue weighted by Gasteiger charge is 2.32. The van der Waals surface area contributed by atoms with Crippen LogP contribution in [0.1, 0.15) is 6.92 Å². The fraction of sp³-hybridized carbons (Fsp3) is 0.333. The smallest absolute Gasteiger partial charge is 0.249 e. The summed E-state index contributed by atoms with van der Waals surface area (Å²) >= 11 is 0.